The molecule has 2 aliphatic heterocycles. The topological polar surface area (TPSA) is 90.6 Å². The maximum atomic E-state index is 10.6. The second-order valence-electron chi connectivity index (χ2n) is 5.97. The molecule has 25 heavy (non-hydrogen) atoms. The molecule has 2 aliphatic rings. The summed E-state index contributed by atoms with van der Waals surface area (Å²) in [7, 11) is 1.56. The van der Waals surface area contributed by atoms with Crippen molar-refractivity contribution in [2.45, 2.75) is 31.5 Å². The van der Waals surface area contributed by atoms with Gasteiger partial charge in [-0.25, -0.2) is 0 Å². The SMILES string of the molecule is COc1cc(C(O)CN2C3CNCC2COC3)ncc1CC#N.[CH2+]C. The van der Waals surface area contributed by atoms with Crippen molar-refractivity contribution in [3.63, 3.8) is 0 Å². The first-order chi connectivity index (χ1) is 12.2. The smallest absolute Gasteiger partial charge is 0.126 e. The summed E-state index contributed by atoms with van der Waals surface area (Å²) in [5.41, 5.74) is 1.31. The highest BCUT2D eigenvalue weighted by atomic mass is 16.5. The third kappa shape index (κ3) is 4.61. The Hall–Kier alpha value is -1.85. The summed E-state index contributed by atoms with van der Waals surface area (Å²) in [5, 5.41) is 22.8. The van der Waals surface area contributed by atoms with Gasteiger partial charge in [0, 0.05) is 49.5 Å². The Kier molecular flexibility index (Phi) is 7.47. The monoisotopic (exact) mass is 347 g/mol. The lowest BCUT2D eigenvalue weighted by Gasteiger charge is -2.46. The van der Waals surface area contributed by atoms with Crippen LogP contribution in [0, 0.1) is 18.3 Å². The summed E-state index contributed by atoms with van der Waals surface area (Å²) in [4.78, 5) is 6.62. The molecular weight excluding hydrogens is 320 g/mol. The van der Waals surface area contributed by atoms with Gasteiger partial charge in [0.2, 0.25) is 0 Å². The van der Waals surface area contributed by atoms with E-state index in [0.717, 1.165) is 18.7 Å². The summed E-state index contributed by atoms with van der Waals surface area (Å²) in [6, 6.07) is 4.39. The molecule has 0 radical (unpaired) electrons. The fraction of sp³-hybridized carbons (Fsp3) is 0.611. The molecular formula is C18H27N4O3+. The number of nitrogens with zero attached hydrogens (tertiary/aromatic N) is 3. The molecule has 3 atom stereocenters. The predicted molar refractivity (Wildman–Crippen MR) is 94.1 cm³/mol. The van der Waals surface area contributed by atoms with Crippen molar-refractivity contribution < 1.29 is 14.6 Å². The molecule has 0 saturated carbocycles. The van der Waals surface area contributed by atoms with E-state index >= 15 is 0 Å². The van der Waals surface area contributed by atoms with Gasteiger partial charge in [-0.05, 0) is 0 Å². The Bertz CT molecular complexity index is 568. The zero-order valence-corrected chi connectivity index (χ0v) is 14.9. The average molecular weight is 347 g/mol. The number of methoxy groups -OCH3 is 1. The van der Waals surface area contributed by atoms with Crippen LogP contribution in [0.5, 0.6) is 5.75 Å². The minimum Gasteiger partial charge on any atom is -0.496 e. The number of ether oxygens (including phenoxy) is 2. The molecule has 136 valence electrons. The molecule has 0 amide bonds. The standard InChI is InChI=1S/C16H22N4O3.C2H5/c1-22-16-4-14(19-5-11(16)2-3-17)15(21)8-20-12-6-18-7-13(20)10-23-9-12;1-2/h4-5,12-13,15,18,21H,2,6-10H2,1H3;1H2,2H3/q;+1. The van der Waals surface area contributed by atoms with E-state index in [9.17, 15) is 5.11 Å². The number of nitrogens with one attached hydrogen (secondary N) is 1. The normalized spacial score (nSPS) is 23.8. The molecule has 1 aromatic rings. The Labute approximate surface area is 149 Å². The van der Waals surface area contributed by atoms with E-state index in [1.807, 2.05) is 0 Å². The highest BCUT2D eigenvalue weighted by Crippen LogP contribution is 2.25. The second kappa shape index (κ2) is 9.59. The van der Waals surface area contributed by atoms with Gasteiger partial charge in [0.15, 0.2) is 0 Å². The number of aromatic nitrogens is 1. The molecule has 2 bridgehead atoms. The molecule has 1 aromatic heterocycles. The van der Waals surface area contributed by atoms with Gasteiger partial charge in [0.05, 0.1) is 52.4 Å². The number of morpholine rings is 1. The van der Waals surface area contributed by atoms with Crippen molar-refractivity contribution >= 4 is 0 Å². The Morgan fingerprint density at radius 3 is 2.76 bits per heavy atom. The van der Waals surface area contributed by atoms with Crippen LogP contribution in [0.1, 0.15) is 24.3 Å². The second-order valence-corrected chi connectivity index (χ2v) is 5.97. The maximum absolute atomic E-state index is 10.6. The van der Waals surface area contributed by atoms with Gasteiger partial charge in [-0.3, -0.25) is 9.88 Å². The summed E-state index contributed by atoms with van der Waals surface area (Å²) < 4.78 is 10.9. The van der Waals surface area contributed by atoms with Gasteiger partial charge < -0.3 is 19.9 Å². The molecule has 3 rings (SSSR count). The van der Waals surface area contributed by atoms with Crippen LogP contribution in [0.2, 0.25) is 0 Å². The molecule has 2 fully saturated rings. The largest absolute Gasteiger partial charge is 0.496 e. The van der Waals surface area contributed by atoms with Gasteiger partial charge >= 0.3 is 0 Å². The van der Waals surface area contributed by atoms with Crippen LogP contribution in [0.15, 0.2) is 12.3 Å². The summed E-state index contributed by atoms with van der Waals surface area (Å²) >= 11 is 0. The van der Waals surface area contributed by atoms with Crippen molar-refractivity contribution in [1.82, 2.24) is 15.2 Å². The number of fused-ring (bicyclic) bond motifs is 2. The lowest BCUT2D eigenvalue weighted by atomic mass is 10.0. The highest BCUT2D eigenvalue weighted by Gasteiger charge is 2.35. The number of pyridine rings is 1. The Morgan fingerprint density at radius 1 is 1.48 bits per heavy atom. The average Bonchev–Trinajstić information content (AvgIpc) is 2.63. The number of hydrogen-bond donors (Lipinski definition) is 2. The molecule has 2 saturated heterocycles. The van der Waals surface area contributed by atoms with Gasteiger partial charge in [0.25, 0.3) is 0 Å². The predicted octanol–water partition coefficient (Wildman–Crippen LogP) is 0.703. The van der Waals surface area contributed by atoms with Crippen molar-refractivity contribution in [2.75, 3.05) is 40.0 Å². The lowest BCUT2D eigenvalue weighted by Crippen LogP contribution is -2.64. The molecule has 7 nitrogen and oxygen atoms in total. The number of nitriles is 1. The van der Waals surface area contributed by atoms with Crippen LogP contribution in [0.4, 0.5) is 0 Å². The molecule has 0 aromatic carbocycles. The van der Waals surface area contributed by atoms with E-state index in [4.69, 9.17) is 14.7 Å². The van der Waals surface area contributed by atoms with Gasteiger partial charge in [-0.1, -0.05) is 0 Å². The van der Waals surface area contributed by atoms with Crippen molar-refractivity contribution in [1.29, 1.82) is 5.26 Å². The van der Waals surface area contributed by atoms with E-state index < -0.39 is 6.10 Å². The zero-order valence-electron chi connectivity index (χ0n) is 14.9. The zero-order chi connectivity index (χ0) is 18.2. The number of aliphatic hydroxyl groups is 1. The van der Waals surface area contributed by atoms with Crippen molar-refractivity contribution in [2.24, 2.45) is 0 Å². The van der Waals surface area contributed by atoms with Crippen LogP contribution in [0.25, 0.3) is 0 Å². The fourth-order valence-electron chi connectivity index (χ4n) is 3.26. The van der Waals surface area contributed by atoms with E-state index in [1.54, 1.807) is 26.3 Å². The van der Waals surface area contributed by atoms with Crippen LogP contribution >= 0.6 is 0 Å². The van der Waals surface area contributed by atoms with Crippen molar-refractivity contribution in [3.8, 4) is 11.8 Å². The van der Waals surface area contributed by atoms with Gasteiger partial charge in [0.1, 0.15) is 11.9 Å². The lowest BCUT2D eigenvalue weighted by molar-refractivity contribution is -0.0796. The molecule has 0 spiro atoms. The molecule has 3 heterocycles. The molecule has 7 heteroatoms. The number of hydrogen-bond acceptors (Lipinski definition) is 7. The number of piperazine rings is 1. The third-order valence-corrected chi connectivity index (χ3v) is 4.50. The van der Waals surface area contributed by atoms with E-state index in [1.165, 1.54) is 0 Å². The minimum absolute atomic E-state index is 0.242. The molecule has 2 N–H and O–H groups in total. The van der Waals surface area contributed by atoms with Crippen LogP contribution in [-0.2, 0) is 11.2 Å². The van der Waals surface area contributed by atoms with E-state index in [2.05, 4.69) is 28.2 Å². The number of rotatable bonds is 5. The van der Waals surface area contributed by atoms with E-state index in [0.29, 0.717) is 31.2 Å². The number of aliphatic hydroxyl groups excluding tert-OH is 1. The Balaban J connectivity index is 0.00000109. The summed E-state index contributed by atoms with van der Waals surface area (Å²) in [6.45, 7) is 8.65. The fourth-order valence-corrected chi connectivity index (χ4v) is 3.26. The quantitative estimate of drug-likeness (QED) is 0.758. The van der Waals surface area contributed by atoms with Crippen molar-refractivity contribution in [3.05, 3.63) is 30.4 Å². The summed E-state index contributed by atoms with van der Waals surface area (Å²) in [5.74, 6) is 0.597. The van der Waals surface area contributed by atoms with E-state index in [-0.39, 0.29) is 18.5 Å². The Morgan fingerprint density at radius 2 is 2.16 bits per heavy atom. The minimum atomic E-state index is -0.693. The van der Waals surface area contributed by atoms with Crippen LogP contribution in [-0.4, -0.2) is 67.0 Å². The third-order valence-electron chi connectivity index (χ3n) is 4.50. The first kappa shape index (κ1) is 19.5. The van der Waals surface area contributed by atoms with Crippen LogP contribution in [0.3, 0.4) is 0 Å². The first-order valence-corrected chi connectivity index (χ1v) is 8.55. The highest BCUT2D eigenvalue weighted by molar-refractivity contribution is 5.35. The van der Waals surface area contributed by atoms with Gasteiger partial charge in [-0.2, -0.15) is 5.26 Å². The van der Waals surface area contributed by atoms with Gasteiger partial charge in [-0.15, -0.1) is 0 Å². The maximum Gasteiger partial charge on any atom is 0.126 e. The van der Waals surface area contributed by atoms with Crippen LogP contribution < -0.4 is 10.1 Å². The molecule has 0 aliphatic carbocycles. The molecule has 3 unspecified atom stereocenters. The summed E-state index contributed by atoms with van der Waals surface area (Å²) in [6.07, 6.45) is 1.16. The first-order valence-electron chi connectivity index (χ1n) is 8.55.